The maximum atomic E-state index is 12.6. The quantitative estimate of drug-likeness (QED) is 0.535. The first-order valence-corrected chi connectivity index (χ1v) is 11.8. The second-order valence-corrected chi connectivity index (χ2v) is 9.69. The van der Waals surface area contributed by atoms with Crippen LogP contribution in [0.3, 0.4) is 0 Å². The van der Waals surface area contributed by atoms with Gasteiger partial charge in [-0.05, 0) is 49.2 Å². The van der Waals surface area contributed by atoms with E-state index in [2.05, 4.69) is 15.6 Å². The van der Waals surface area contributed by atoms with E-state index in [1.807, 2.05) is 0 Å². The molecule has 168 valence electrons. The van der Waals surface area contributed by atoms with Crippen molar-refractivity contribution in [3.05, 3.63) is 42.5 Å². The summed E-state index contributed by atoms with van der Waals surface area (Å²) in [5.74, 6) is 0.196. The molecule has 1 saturated carbocycles. The Hall–Kier alpha value is -3.31. The lowest BCUT2D eigenvalue weighted by molar-refractivity contribution is -0.125. The first-order chi connectivity index (χ1) is 15.4. The summed E-state index contributed by atoms with van der Waals surface area (Å²) in [5, 5.41) is 0. The third-order valence-corrected chi connectivity index (χ3v) is 7.09. The van der Waals surface area contributed by atoms with Gasteiger partial charge in [-0.1, -0.05) is 0 Å². The number of carbonyl (C=O) groups is 2. The number of amides is 2. The van der Waals surface area contributed by atoms with Gasteiger partial charge in [-0.2, -0.15) is 0 Å². The molecule has 0 spiro atoms. The molecule has 1 saturated heterocycles. The van der Waals surface area contributed by atoms with Crippen LogP contribution >= 0.6 is 0 Å². The molecule has 2 aromatic carbocycles. The minimum Gasteiger partial charge on any atom is -0.454 e. The fourth-order valence-electron chi connectivity index (χ4n) is 3.63. The fraction of sp³-hybridized carbons (Fsp3) is 0.333. The number of nitrogens with zero attached hydrogens (tertiary/aromatic N) is 1. The van der Waals surface area contributed by atoms with Gasteiger partial charge < -0.3 is 14.4 Å². The van der Waals surface area contributed by atoms with Crippen molar-refractivity contribution in [3.8, 4) is 11.5 Å². The number of carbonyl (C=O) groups excluding carboxylic acids is 2. The maximum absolute atomic E-state index is 12.6. The Morgan fingerprint density at radius 3 is 2.53 bits per heavy atom. The molecule has 2 heterocycles. The number of sulfonamides is 1. The third-order valence-electron chi connectivity index (χ3n) is 5.56. The Kier molecular flexibility index (Phi) is 5.14. The van der Waals surface area contributed by atoms with Crippen molar-refractivity contribution in [2.24, 2.45) is 5.92 Å². The van der Waals surface area contributed by atoms with Crippen molar-refractivity contribution < 1.29 is 27.5 Å². The predicted molar refractivity (Wildman–Crippen MR) is 115 cm³/mol. The molecule has 11 heteroatoms. The van der Waals surface area contributed by atoms with Crippen LogP contribution in [0.5, 0.6) is 11.5 Å². The molecule has 1 atom stereocenters. The number of hydrogen-bond acceptors (Lipinski definition) is 7. The highest BCUT2D eigenvalue weighted by Gasteiger charge is 2.36. The van der Waals surface area contributed by atoms with E-state index in [-0.39, 0.29) is 42.5 Å². The summed E-state index contributed by atoms with van der Waals surface area (Å²) in [4.78, 5) is 26.8. The van der Waals surface area contributed by atoms with Gasteiger partial charge in [0.05, 0.1) is 16.5 Å². The van der Waals surface area contributed by atoms with Crippen molar-refractivity contribution in [3.63, 3.8) is 0 Å². The summed E-state index contributed by atoms with van der Waals surface area (Å²) in [7, 11) is -3.53. The number of rotatable bonds is 7. The van der Waals surface area contributed by atoms with E-state index in [1.54, 1.807) is 35.2 Å². The van der Waals surface area contributed by atoms with Gasteiger partial charge in [0.1, 0.15) is 0 Å². The molecule has 2 amide bonds. The minimum atomic E-state index is -3.53. The second-order valence-electron chi connectivity index (χ2n) is 7.98. The monoisotopic (exact) mass is 458 g/mol. The zero-order valence-electron chi connectivity index (χ0n) is 17.0. The Bertz CT molecular complexity index is 1160. The largest absolute Gasteiger partial charge is 0.454 e. The van der Waals surface area contributed by atoms with E-state index < -0.39 is 15.9 Å². The van der Waals surface area contributed by atoms with Gasteiger partial charge in [0.15, 0.2) is 11.5 Å². The van der Waals surface area contributed by atoms with Crippen LogP contribution in [0.2, 0.25) is 0 Å². The molecule has 0 radical (unpaired) electrons. The van der Waals surface area contributed by atoms with Crippen molar-refractivity contribution in [1.82, 2.24) is 10.1 Å². The first-order valence-electron chi connectivity index (χ1n) is 10.3. The number of hydrogen-bond donors (Lipinski definition) is 3. The zero-order chi connectivity index (χ0) is 22.3. The number of hydrazine groups is 1. The lowest BCUT2D eigenvalue weighted by Crippen LogP contribution is -2.36. The van der Waals surface area contributed by atoms with Crippen LogP contribution in [0.25, 0.3) is 0 Å². The molecule has 0 bridgehead atoms. The van der Waals surface area contributed by atoms with E-state index in [1.165, 1.54) is 12.1 Å². The standard InChI is InChI=1S/C21H22N4O6S/c26-20-9-13(11-25(20)16-5-8-18-19(10-16)31-12-30-18)21(27)23-22-14-3-6-17(7-4-14)32(28,29)24-15-1-2-15/h3-8,10,13,15,22,24H,1-2,9,11-12H2,(H,23,27). The van der Waals surface area contributed by atoms with Gasteiger partial charge in [-0.25, -0.2) is 13.1 Å². The number of ether oxygens (including phenoxy) is 2. The smallest absolute Gasteiger partial charge is 0.243 e. The predicted octanol–water partition coefficient (Wildman–Crippen LogP) is 1.35. The SMILES string of the molecule is O=C(NNc1ccc(S(=O)(=O)NC2CC2)cc1)C1CC(=O)N(c2ccc3c(c2)OCO3)C1. The molecule has 10 nitrogen and oxygen atoms in total. The van der Waals surface area contributed by atoms with E-state index in [4.69, 9.17) is 9.47 Å². The fourth-order valence-corrected chi connectivity index (χ4v) is 4.93. The van der Waals surface area contributed by atoms with Crippen LogP contribution in [0, 0.1) is 5.92 Å². The van der Waals surface area contributed by atoms with Gasteiger partial charge in [0, 0.05) is 30.8 Å². The summed E-state index contributed by atoms with van der Waals surface area (Å²) in [6.45, 7) is 0.392. The van der Waals surface area contributed by atoms with E-state index in [0.29, 0.717) is 22.9 Å². The second kappa shape index (κ2) is 7.99. The van der Waals surface area contributed by atoms with E-state index in [0.717, 1.165) is 12.8 Å². The van der Waals surface area contributed by atoms with Crippen LogP contribution in [-0.2, 0) is 19.6 Å². The topological polar surface area (TPSA) is 126 Å². The highest BCUT2D eigenvalue weighted by Crippen LogP contribution is 2.37. The normalized spacial score (nSPS) is 19.8. The molecular weight excluding hydrogens is 436 g/mol. The lowest BCUT2D eigenvalue weighted by Gasteiger charge is -2.17. The molecule has 3 aliphatic rings. The zero-order valence-corrected chi connectivity index (χ0v) is 17.9. The number of fused-ring (bicyclic) bond motifs is 1. The van der Waals surface area contributed by atoms with Crippen LogP contribution in [0.4, 0.5) is 11.4 Å². The molecule has 2 aromatic rings. The molecular formula is C21H22N4O6S. The van der Waals surface area contributed by atoms with Gasteiger partial charge in [0.2, 0.25) is 28.6 Å². The molecule has 3 N–H and O–H groups in total. The van der Waals surface area contributed by atoms with Crippen molar-refractivity contribution in [2.45, 2.75) is 30.2 Å². The highest BCUT2D eigenvalue weighted by atomic mass is 32.2. The Morgan fingerprint density at radius 1 is 1.03 bits per heavy atom. The average Bonchev–Trinajstić information content (AvgIpc) is 3.30. The van der Waals surface area contributed by atoms with Crippen LogP contribution in [0.15, 0.2) is 47.4 Å². The van der Waals surface area contributed by atoms with Crippen LogP contribution in [-0.4, -0.2) is 39.6 Å². The summed E-state index contributed by atoms with van der Waals surface area (Å²) in [6, 6.07) is 11.3. The molecule has 1 aliphatic carbocycles. The van der Waals surface area contributed by atoms with Crippen LogP contribution in [0.1, 0.15) is 19.3 Å². The third kappa shape index (κ3) is 4.21. The number of anilines is 2. The number of benzene rings is 2. The van der Waals surface area contributed by atoms with Gasteiger partial charge in [-0.3, -0.25) is 20.4 Å². The number of nitrogens with one attached hydrogen (secondary N) is 3. The van der Waals surface area contributed by atoms with Gasteiger partial charge in [0.25, 0.3) is 0 Å². The van der Waals surface area contributed by atoms with Crippen molar-refractivity contribution in [1.29, 1.82) is 0 Å². The Morgan fingerprint density at radius 2 is 1.78 bits per heavy atom. The summed E-state index contributed by atoms with van der Waals surface area (Å²) >= 11 is 0. The van der Waals surface area contributed by atoms with Crippen LogP contribution < -0.4 is 29.9 Å². The molecule has 2 fully saturated rings. The molecule has 32 heavy (non-hydrogen) atoms. The maximum Gasteiger partial charge on any atom is 0.243 e. The highest BCUT2D eigenvalue weighted by molar-refractivity contribution is 7.89. The van der Waals surface area contributed by atoms with E-state index in [9.17, 15) is 18.0 Å². The summed E-state index contributed by atoms with van der Waals surface area (Å²) < 4.78 is 37.7. The summed E-state index contributed by atoms with van der Waals surface area (Å²) in [5.41, 5.74) is 6.55. The van der Waals surface area contributed by atoms with Gasteiger partial charge in [-0.15, -0.1) is 0 Å². The van der Waals surface area contributed by atoms with Gasteiger partial charge >= 0.3 is 0 Å². The molecule has 5 rings (SSSR count). The average molecular weight is 458 g/mol. The lowest BCUT2D eigenvalue weighted by atomic mass is 10.1. The molecule has 1 unspecified atom stereocenters. The first kappa shape index (κ1) is 20.6. The van der Waals surface area contributed by atoms with Crippen molar-refractivity contribution >= 4 is 33.2 Å². The van der Waals surface area contributed by atoms with Crippen molar-refractivity contribution in [2.75, 3.05) is 23.7 Å². The Labute approximate surface area is 184 Å². The molecule has 0 aromatic heterocycles. The minimum absolute atomic E-state index is 0.0310. The summed E-state index contributed by atoms with van der Waals surface area (Å²) in [6.07, 6.45) is 1.81. The molecule has 2 aliphatic heterocycles. The Balaban J connectivity index is 1.17. The van der Waals surface area contributed by atoms with E-state index >= 15 is 0 Å².